The van der Waals surface area contributed by atoms with Gasteiger partial charge in [0.25, 0.3) is 0 Å². The Bertz CT molecular complexity index is 1580. The lowest BCUT2D eigenvalue weighted by atomic mass is 10.0. The highest BCUT2D eigenvalue weighted by Crippen LogP contribution is 2.33. The van der Waals surface area contributed by atoms with Crippen LogP contribution in [0, 0.1) is 11.8 Å². The van der Waals surface area contributed by atoms with Gasteiger partial charge in [-0.1, -0.05) is 44.2 Å². The Morgan fingerprint density at radius 3 is 2.70 bits per heavy atom. The van der Waals surface area contributed by atoms with Gasteiger partial charge in [-0.25, -0.2) is 13.2 Å². The van der Waals surface area contributed by atoms with Gasteiger partial charge in [-0.3, -0.25) is 4.99 Å². The first kappa shape index (κ1) is 31.9. The second-order valence-electron chi connectivity index (χ2n) is 11.7. The molecule has 5 rings (SSSR count). The average molecular weight is 629 g/mol. The maximum absolute atomic E-state index is 14.0. The van der Waals surface area contributed by atoms with Gasteiger partial charge in [0.15, 0.2) is 12.2 Å². The van der Waals surface area contributed by atoms with Crippen molar-refractivity contribution in [1.29, 1.82) is 0 Å². The van der Waals surface area contributed by atoms with Crippen molar-refractivity contribution in [3.63, 3.8) is 0 Å². The van der Waals surface area contributed by atoms with Gasteiger partial charge in [0.05, 0.1) is 41.7 Å². The molecule has 13 heteroatoms. The first-order valence-corrected chi connectivity index (χ1v) is 16.2. The number of aliphatic hydroxyl groups excluding tert-OH is 1. The van der Waals surface area contributed by atoms with Crippen LogP contribution in [-0.2, 0) is 30.7 Å². The Morgan fingerprint density at radius 1 is 1.20 bits per heavy atom. The SMILES string of the molecule is CN=Cc1c(O)[nH]c2ccc(S(=O)(=O)N(CC(C)C)CC(O)C(Cc3ccccc3)NC(=O)OC3COC4OCCC34)cc12. The number of hydrogen-bond acceptors (Lipinski definition) is 9. The van der Waals surface area contributed by atoms with Crippen LogP contribution in [0.15, 0.2) is 58.4 Å². The van der Waals surface area contributed by atoms with Gasteiger partial charge in [-0.05, 0) is 42.5 Å². The molecule has 2 fully saturated rings. The number of alkyl carbamates (subject to hydrolysis) is 1. The van der Waals surface area contributed by atoms with Crippen molar-refractivity contribution in [3.05, 3.63) is 59.7 Å². The van der Waals surface area contributed by atoms with E-state index < -0.39 is 34.4 Å². The lowest BCUT2D eigenvalue weighted by Gasteiger charge is -2.31. The Kier molecular flexibility index (Phi) is 9.90. The van der Waals surface area contributed by atoms with E-state index in [1.165, 1.54) is 22.7 Å². The Balaban J connectivity index is 1.38. The number of carbonyl (C=O) groups excluding carboxylic acids is 1. The van der Waals surface area contributed by atoms with Crippen LogP contribution in [-0.4, -0.2) is 98.1 Å². The number of aromatic nitrogens is 1. The molecule has 2 aliphatic heterocycles. The first-order chi connectivity index (χ1) is 21.1. The molecule has 0 aliphatic carbocycles. The number of H-pyrrole nitrogens is 1. The van der Waals surface area contributed by atoms with Crippen LogP contribution in [0.5, 0.6) is 5.88 Å². The van der Waals surface area contributed by atoms with Crippen molar-refractivity contribution >= 4 is 33.2 Å². The van der Waals surface area contributed by atoms with Gasteiger partial charge >= 0.3 is 6.09 Å². The molecule has 0 radical (unpaired) electrons. The zero-order valence-corrected chi connectivity index (χ0v) is 25.9. The molecule has 3 heterocycles. The Labute approximate surface area is 257 Å². The number of sulfonamides is 1. The number of aromatic hydroxyl groups is 1. The van der Waals surface area contributed by atoms with Crippen LogP contribution < -0.4 is 5.32 Å². The van der Waals surface area contributed by atoms with Gasteiger partial charge in [0.1, 0.15) is 6.10 Å². The highest BCUT2D eigenvalue weighted by Gasteiger charge is 2.44. The van der Waals surface area contributed by atoms with Crippen LogP contribution in [0.25, 0.3) is 10.9 Å². The largest absolute Gasteiger partial charge is 0.494 e. The van der Waals surface area contributed by atoms with E-state index in [0.29, 0.717) is 23.1 Å². The third kappa shape index (κ3) is 7.08. The van der Waals surface area contributed by atoms with Crippen molar-refractivity contribution in [2.45, 2.75) is 56.1 Å². The van der Waals surface area contributed by atoms with Crippen LogP contribution in [0.2, 0.25) is 0 Å². The summed E-state index contributed by atoms with van der Waals surface area (Å²) in [6, 6.07) is 13.0. The van der Waals surface area contributed by atoms with Crippen molar-refractivity contribution in [1.82, 2.24) is 14.6 Å². The molecular formula is C31H40N4O8S. The number of aromatic amines is 1. The molecule has 2 aliphatic rings. The molecule has 5 unspecified atom stereocenters. The molecule has 4 N–H and O–H groups in total. The Morgan fingerprint density at radius 2 is 1.98 bits per heavy atom. The van der Waals surface area contributed by atoms with Crippen molar-refractivity contribution in [2.24, 2.45) is 16.8 Å². The van der Waals surface area contributed by atoms with Crippen LogP contribution >= 0.6 is 0 Å². The normalized spacial score (nSPS) is 21.7. The van der Waals surface area contributed by atoms with E-state index in [0.717, 1.165) is 12.0 Å². The summed E-state index contributed by atoms with van der Waals surface area (Å²) in [6.07, 6.45) is -0.419. The van der Waals surface area contributed by atoms with Crippen molar-refractivity contribution in [2.75, 3.05) is 33.4 Å². The monoisotopic (exact) mass is 628 g/mol. The minimum absolute atomic E-state index is 0.00384. The highest BCUT2D eigenvalue weighted by atomic mass is 32.2. The van der Waals surface area contributed by atoms with E-state index in [1.54, 1.807) is 13.1 Å². The van der Waals surface area contributed by atoms with Crippen LogP contribution in [0.3, 0.4) is 0 Å². The fraction of sp³-hybridized carbons (Fsp3) is 0.484. The molecule has 2 aromatic carbocycles. The van der Waals surface area contributed by atoms with E-state index >= 15 is 0 Å². The number of ether oxygens (including phenoxy) is 3. The van der Waals surface area contributed by atoms with Gasteiger partial charge in [0.2, 0.25) is 10.0 Å². The van der Waals surface area contributed by atoms with E-state index in [1.807, 2.05) is 44.2 Å². The molecule has 3 aromatic rings. The van der Waals surface area contributed by atoms with Gasteiger partial charge < -0.3 is 34.7 Å². The molecule has 1 aromatic heterocycles. The maximum atomic E-state index is 14.0. The fourth-order valence-electron chi connectivity index (χ4n) is 5.78. The molecule has 2 saturated heterocycles. The molecule has 238 valence electrons. The number of carbonyl (C=O) groups is 1. The number of rotatable bonds is 12. The predicted octanol–water partition coefficient (Wildman–Crippen LogP) is 3.03. The lowest BCUT2D eigenvalue weighted by molar-refractivity contribution is -0.0907. The summed E-state index contributed by atoms with van der Waals surface area (Å²) in [6.45, 7) is 4.40. The standard InChI is InChI=1S/C31H40N4O8S/c1-19(2)16-35(44(39,40)21-9-10-25-23(14-21)24(15-32-3)29(37)33-25)17-27(36)26(13-20-7-5-4-6-8-20)34-31(38)43-28-18-42-30-22(28)11-12-41-30/h4-10,14-15,19,22,26-28,30,33,36-37H,11-13,16-18H2,1-3H3,(H,34,38). The smallest absolute Gasteiger partial charge is 0.407 e. The van der Waals surface area contributed by atoms with Gasteiger partial charge in [0, 0.05) is 37.3 Å². The number of nitrogens with one attached hydrogen (secondary N) is 2. The second kappa shape index (κ2) is 13.7. The minimum atomic E-state index is -4.11. The van der Waals surface area contributed by atoms with E-state index in [4.69, 9.17) is 14.2 Å². The minimum Gasteiger partial charge on any atom is -0.494 e. The summed E-state index contributed by atoms with van der Waals surface area (Å²) >= 11 is 0. The molecular weight excluding hydrogens is 588 g/mol. The molecule has 0 spiro atoms. The molecule has 0 bridgehead atoms. The van der Waals surface area contributed by atoms with E-state index in [-0.39, 0.29) is 55.0 Å². The van der Waals surface area contributed by atoms with Crippen LogP contribution in [0.4, 0.5) is 4.79 Å². The topological polar surface area (TPSA) is 163 Å². The average Bonchev–Trinajstić information content (AvgIpc) is 3.68. The molecule has 1 amide bonds. The summed E-state index contributed by atoms with van der Waals surface area (Å²) in [5.74, 6) is -0.223. The summed E-state index contributed by atoms with van der Waals surface area (Å²) in [4.78, 5) is 19.9. The number of amides is 1. The fourth-order valence-corrected chi connectivity index (χ4v) is 7.43. The van der Waals surface area contributed by atoms with Gasteiger partial charge in [-0.2, -0.15) is 4.31 Å². The van der Waals surface area contributed by atoms with Crippen molar-refractivity contribution < 1.29 is 37.6 Å². The third-order valence-electron chi connectivity index (χ3n) is 7.95. The van der Waals surface area contributed by atoms with E-state index in [9.17, 15) is 23.4 Å². The summed E-state index contributed by atoms with van der Waals surface area (Å²) in [7, 11) is -2.55. The zero-order chi connectivity index (χ0) is 31.4. The van der Waals surface area contributed by atoms with Crippen LogP contribution in [0.1, 0.15) is 31.4 Å². The van der Waals surface area contributed by atoms with Crippen molar-refractivity contribution in [3.8, 4) is 5.88 Å². The number of hydrogen-bond donors (Lipinski definition) is 4. The zero-order valence-electron chi connectivity index (χ0n) is 25.0. The molecule has 5 atom stereocenters. The molecule has 0 saturated carbocycles. The lowest BCUT2D eigenvalue weighted by Crippen LogP contribution is -2.51. The maximum Gasteiger partial charge on any atom is 0.407 e. The summed E-state index contributed by atoms with van der Waals surface area (Å²) in [5, 5.41) is 25.1. The second-order valence-corrected chi connectivity index (χ2v) is 13.6. The highest BCUT2D eigenvalue weighted by molar-refractivity contribution is 7.89. The number of aliphatic hydroxyl groups is 1. The summed E-state index contributed by atoms with van der Waals surface area (Å²) < 4.78 is 46.1. The van der Waals surface area contributed by atoms with E-state index in [2.05, 4.69) is 15.3 Å². The predicted molar refractivity (Wildman–Crippen MR) is 164 cm³/mol. The quantitative estimate of drug-likeness (QED) is 0.223. The third-order valence-corrected chi connectivity index (χ3v) is 9.78. The first-order valence-electron chi connectivity index (χ1n) is 14.8. The van der Waals surface area contributed by atoms with Gasteiger partial charge in [-0.15, -0.1) is 0 Å². The number of nitrogens with zero attached hydrogens (tertiary/aromatic N) is 2. The number of aliphatic imine (C=N–C) groups is 1. The number of benzene rings is 2. The Hall–Kier alpha value is -3.49. The number of fused-ring (bicyclic) bond motifs is 2. The molecule has 44 heavy (non-hydrogen) atoms. The molecule has 12 nitrogen and oxygen atoms in total. The summed E-state index contributed by atoms with van der Waals surface area (Å²) in [5.41, 5.74) is 1.79.